The van der Waals surface area contributed by atoms with Crippen molar-refractivity contribution in [3.8, 4) is 11.5 Å². The largest absolute Gasteiger partial charge is 0.419 e. The zero-order chi connectivity index (χ0) is 16.9. The summed E-state index contributed by atoms with van der Waals surface area (Å²) in [6, 6.07) is 15.2. The average molecular weight is 362 g/mol. The zero-order valence-electron chi connectivity index (χ0n) is 13.2. The molecule has 0 bridgehead atoms. The minimum Gasteiger partial charge on any atom is -0.419 e. The minimum atomic E-state index is 0.500. The maximum Gasteiger partial charge on any atom is 0.247 e. The predicted molar refractivity (Wildman–Crippen MR) is 96.0 cm³/mol. The molecule has 0 amide bonds. The van der Waals surface area contributed by atoms with Gasteiger partial charge in [0.05, 0.1) is 6.54 Å². The first-order valence-corrected chi connectivity index (χ1v) is 8.44. The molecular weight excluding hydrogens is 345 g/mol. The van der Waals surface area contributed by atoms with E-state index in [0.29, 0.717) is 23.3 Å². The maximum absolute atomic E-state index is 6.05. The number of halogens is 2. The Morgan fingerprint density at radius 1 is 0.958 bits per heavy atom. The van der Waals surface area contributed by atoms with E-state index in [1.165, 1.54) is 0 Å². The molecule has 3 aromatic rings. The van der Waals surface area contributed by atoms with Gasteiger partial charge in [-0.15, -0.1) is 10.2 Å². The standard InChI is InChI=1S/C18H17Cl2N3O/c1-2-23(11-13-4-3-5-16(20)10-13)12-17-21-22-18(24-17)14-6-8-15(19)9-7-14/h3-10H,2,11-12H2,1H3. The Morgan fingerprint density at radius 3 is 2.46 bits per heavy atom. The molecule has 0 aliphatic rings. The molecular formula is C18H17Cl2N3O. The van der Waals surface area contributed by atoms with Gasteiger partial charge < -0.3 is 4.42 Å². The molecule has 24 heavy (non-hydrogen) atoms. The molecule has 0 N–H and O–H groups in total. The van der Waals surface area contributed by atoms with E-state index in [1.807, 2.05) is 30.3 Å². The lowest BCUT2D eigenvalue weighted by Crippen LogP contribution is -2.22. The number of nitrogens with zero attached hydrogens (tertiary/aromatic N) is 3. The Balaban J connectivity index is 1.69. The van der Waals surface area contributed by atoms with E-state index in [9.17, 15) is 0 Å². The number of benzene rings is 2. The molecule has 0 aliphatic carbocycles. The van der Waals surface area contributed by atoms with Crippen molar-refractivity contribution in [2.24, 2.45) is 0 Å². The van der Waals surface area contributed by atoms with E-state index in [2.05, 4.69) is 28.1 Å². The second kappa shape index (κ2) is 7.79. The summed E-state index contributed by atoms with van der Waals surface area (Å²) in [5.74, 6) is 1.09. The van der Waals surface area contributed by atoms with Gasteiger partial charge in [-0.1, -0.05) is 42.3 Å². The molecule has 4 nitrogen and oxygen atoms in total. The van der Waals surface area contributed by atoms with Crippen LogP contribution in [0.15, 0.2) is 52.9 Å². The van der Waals surface area contributed by atoms with Gasteiger partial charge in [-0.25, -0.2) is 0 Å². The van der Waals surface area contributed by atoms with Gasteiger partial charge >= 0.3 is 0 Å². The minimum absolute atomic E-state index is 0.500. The summed E-state index contributed by atoms with van der Waals surface area (Å²) in [6.45, 7) is 4.32. The molecule has 124 valence electrons. The van der Waals surface area contributed by atoms with Gasteiger partial charge in [0.25, 0.3) is 0 Å². The van der Waals surface area contributed by atoms with Gasteiger partial charge in [0.1, 0.15) is 0 Å². The van der Waals surface area contributed by atoms with Crippen LogP contribution >= 0.6 is 23.2 Å². The van der Waals surface area contributed by atoms with Crippen LogP contribution in [0.25, 0.3) is 11.5 Å². The van der Waals surface area contributed by atoms with E-state index < -0.39 is 0 Å². The second-order valence-corrected chi connectivity index (χ2v) is 6.31. The fourth-order valence-electron chi connectivity index (χ4n) is 2.39. The van der Waals surface area contributed by atoms with E-state index in [4.69, 9.17) is 27.6 Å². The molecule has 2 aromatic carbocycles. The molecule has 0 aliphatic heterocycles. The summed E-state index contributed by atoms with van der Waals surface area (Å²) < 4.78 is 5.77. The lowest BCUT2D eigenvalue weighted by atomic mass is 10.2. The molecule has 0 fully saturated rings. The van der Waals surface area contributed by atoms with Crippen LogP contribution in [0.2, 0.25) is 10.0 Å². The lowest BCUT2D eigenvalue weighted by Gasteiger charge is -2.18. The molecule has 3 rings (SSSR count). The third kappa shape index (κ3) is 4.35. The highest BCUT2D eigenvalue weighted by Crippen LogP contribution is 2.21. The van der Waals surface area contributed by atoms with Crippen molar-refractivity contribution in [2.75, 3.05) is 6.54 Å². The van der Waals surface area contributed by atoms with Crippen molar-refractivity contribution in [3.05, 3.63) is 70.0 Å². The third-order valence-corrected chi connectivity index (χ3v) is 4.15. The fraction of sp³-hybridized carbons (Fsp3) is 0.222. The molecule has 0 unspecified atom stereocenters. The predicted octanol–water partition coefficient (Wildman–Crippen LogP) is 5.07. The van der Waals surface area contributed by atoms with Crippen LogP contribution in [0.1, 0.15) is 18.4 Å². The van der Waals surface area contributed by atoms with E-state index in [1.54, 1.807) is 12.1 Å². The number of hydrogen-bond acceptors (Lipinski definition) is 4. The molecule has 0 saturated carbocycles. The molecule has 0 atom stereocenters. The monoisotopic (exact) mass is 361 g/mol. The molecule has 6 heteroatoms. The topological polar surface area (TPSA) is 42.2 Å². The molecule has 0 spiro atoms. The van der Waals surface area contributed by atoms with E-state index >= 15 is 0 Å². The highest BCUT2D eigenvalue weighted by Gasteiger charge is 2.12. The van der Waals surface area contributed by atoms with Gasteiger partial charge in [0.2, 0.25) is 11.8 Å². The van der Waals surface area contributed by atoms with Crippen LogP contribution in [0.3, 0.4) is 0 Å². The van der Waals surface area contributed by atoms with Crippen molar-refractivity contribution in [3.63, 3.8) is 0 Å². The van der Waals surface area contributed by atoms with Crippen molar-refractivity contribution >= 4 is 23.2 Å². The molecule has 1 heterocycles. The highest BCUT2D eigenvalue weighted by atomic mass is 35.5. The Labute approximate surface area is 151 Å². The Kier molecular flexibility index (Phi) is 5.51. The number of hydrogen-bond donors (Lipinski definition) is 0. The Bertz CT molecular complexity index is 802. The zero-order valence-corrected chi connectivity index (χ0v) is 14.8. The van der Waals surface area contributed by atoms with Crippen molar-refractivity contribution in [1.82, 2.24) is 15.1 Å². The van der Waals surface area contributed by atoms with Crippen molar-refractivity contribution in [2.45, 2.75) is 20.0 Å². The number of aromatic nitrogens is 2. The summed E-state index contributed by atoms with van der Waals surface area (Å²) in [7, 11) is 0. The molecule has 0 saturated heterocycles. The second-order valence-electron chi connectivity index (χ2n) is 5.44. The van der Waals surface area contributed by atoms with Gasteiger partial charge in [0.15, 0.2) is 0 Å². The van der Waals surface area contributed by atoms with Crippen molar-refractivity contribution < 1.29 is 4.42 Å². The van der Waals surface area contributed by atoms with E-state index in [-0.39, 0.29) is 0 Å². The van der Waals surface area contributed by atoms with Crippen LogP contribution in [0.4, 0.5) is 0 Å². The Morgan fingerprint density at radius 2 is 1.75 bits per heavy atom. The first-order valence-electron chi connectivity index (χ1n) is 7.69. The summed E-state index contributed by atoms with van der Waals surface area (Å²) >= 11 is 11.9. The van der Waals surface area contributed by atoms with Crippen LogP contribution in [0.5, 0.6) is 0 Å². The first kappa shape index (κ1) is 17.0. The van der Waals surface area contributed by atoms with E-state index in [0.717, 1.165) is 29.2 Å². The summed E-state index contributed by atoms with van der Waals surface area (Å²) in [5.41, 5.74) is 2.01. The quantitative estimate of drug-likeness (QED) is 0.614. The summed E-state index contributed by atoms with van der Waals surface area (Å²) in [6.07, 6.45) is 0. The highest BCUT2D eigenvalue weighted by molar-refractivity contribution is 6.30. The molecule has 1 aromatic heterocycles. The van der Waals surface area contributed by atoms with Gasteiger partial charge in [0, 0.05) is 22.2 Å². The Hall–Kier alpha value is -1.88. The van der Waals surface area contributed by atoms with Crippen molar-refractivity contribution in [1.29, 1.82) is 0 Å². The van der Waals surface area contributed by atoms with Gasteiger partial charge in [-0.3, -0.25) is 4.90 Å². The average Bonchev–Trinajstić information content (AvgIpc) is 3.03. The van der Waals surface area contributed by atoms with Crippen LogP contribution in [-0.4, -0.2) is 21.6 Å². The van der Waals surface area contributed by atoms with Crippen LogP contribution in [-0.2, 0) is 13.1 Å². The normalized spacial score (nSPS) is 11.2. The third-order valence-electron chi connectivity index (χ3n) is 3.66. The van der Waals surface area contributed by atoms with Gasteiger partial charge in [-0.2, -0.15) is 0 Å². The maximum atomic E-state index is 6.05. The van der Waals surface area contributed by atoms with Gasteiger partial charge in [-0.05, 0) is 48.5 Å². The smallest absolute Gasteiger partial charge is 0.247 e. The SMILES string of the molecule is CCN(Cc1cccc(Cl)c1)Cc1nnc(-c2ccc(Cl)cc2)o1. The number of rotatable bonds is 6. The molecule has 0 radical (unpaired) electrons. The summed E-state index contributed by atoms with van der Waals surface area (Å²) in [5, 5.41) is 9.68. The lowest BCUT2D eigenvalue weighted by molar-refractivity contribution is 0.243. The fourth-order valence-corrected chi connectivity index (χ4v) is 2.73. The first-order chi connectivity index (χ1) is 11.6. The van der Waals surface area contributed by atoms with Crippen LogP contribution < -0.4 is 0 Å². The van der Waals surface area contributed by atoms with Crippen LogP contribution in [0, 0.1) is 0 Å². The summed E-state index contributed by atoms with van der Waals surface area (Å²) in [4.78, 5) is 2.21.